The summed E-state index contributed by atoms with van der Waals surface area (Å²) in [6.45, 7) is 3.82. The Balaban J connectivity index is 2.32. The van der Waals surface area contributed by atoms with Crippen LogP contribution in [0.3, 0.4) is 0 Å². The molecule has 0 radical (unpaired) electrons. The van der Waals surface area contributed by atoms with Gasteiger partial charge in [0, 0.05) is 24.6 Å². The SMILES string of the molecule is CC(C)NC(=O)c1cn2ccncc2n1. The number of carbonyl (C=O) groups is 1. The molecule has 2 rings (SSSR count). The Bertz CT molecular complexity index is 456. The number of amides is 1. The lowest BCUT2D eigenvalue weighted by molar-refractivity contribution is 0.0938. The van der Waals surface area contributed by atoms with Crippen molar-refractivity contribution in [3.63, 3.8) is 0 Å². The Labute approximate surface area is 87.2 Å². The van der Waals surface area contributed by atoms with Crippen molar-refractivity contribution >= 4 is 11.6 Å². The highest BCUT2D eigenvalue weighted by Gasteiger charge is 2.10. The summed E-state index contributed by atoms with van der Waals surface area (Å²) in [7, 11) is 0. The molecule has 0 saturated heterocycles. The molecule has 2 heterocycles. The van der Waals surface area contributed by atoms with Gasteiger partial charge in [-0.25, -0.2) is 4.98 Å². The topological polar surface area (TPSA) is 59.3 Å². The van der Waals surface area contributed by atoms with Crippen LogP contribution in [0.15, 0.2) is 24.8 Å². The lowest BCUT2D eigenvalue weighted by atomic mass is 10.3. The fourth-order valence-electron chi connectivity index (χ4n) is 1.29. The maximum Gasteiger partial charge on any atom is 0.271 e. The molecule has 78 valence electrons. The minimum absolute atomic E-state index is 0.112. The van der Waals surface area contributed by atoms with Crippen molar-refractivity contribution in [3.05, 3.63) is 30.5 Å². The first-order valence-electron chi connectivity index (χ1n) is 4.76. The second-order valence-corrected chi connectivity index (χ2v) is 3.60. The Morgan fingerprint density at radius 2 is 2.33 bits per heavy atom. The molecule has 0 aliphatic rings. The van der Waals surface area contributed by atoms with Gasteiger partial charge in [-0.05, 0) is 13.8 Å². The van der Waals surface area contributed by atoms with Crippen molar-refractivity contribution in [2.24, 2.45) is 0 Å². The van der Waals surface area contributed by atoms with Gasteiger partial charge in [-0.2, -0.15) is 0 Å². The average Bonchev–Trinajstić information content (AvgIpc) is 2.59. The number of nitrogens with zero attached hydrogens (tertiary/aromatic N) is 3. The predicted octanol–water partition coefficient (Wildman–Crippen LogP) is 0.867. The first-order chi connectivity index (χ1) is 7.16. The van der Waals surface area contributed by atoms with Crippen LogP contribution in [0.5, 0.6) is 0 Å². The van der Waals surface area contributed by atoms with E-state index >= 15 is 0 Å². The molecule has 0 unspecified atom stereocenters. The van der Waals surface area contributed by atoms with Gasteiger partial charge in [-0.1, -0.05) is 0 Å². The molecule has 2 aromatic heterocycles. The molecule has 5 heteroatoms. The molecule has 1 N–H and O–H groups in total. The van der Waals surface area contributed by atoms with Gasteiger partial charge in [-0.3, -0.25) is 9.78 Å². The average molecular weight is 204 g/mol. The Hall–Kier alpha value is -1.91. The highest BCUT2D eigenvalue weighted by Crippen LogP contribution is 2.02. The number of hydrogen-bond acceptors (Lipinski definition) is 3. The Morgan fingerprint density at radius 3 is 3.00 bits per heavy atom. The van der Waals surface area contributed by atoms with E-state index in [0.717, 1.165) is 0 Å². The molecular weight excluding hydrogens is 192 g/mol. The van der Waals surface area contributed by atoms with Crippen LogP contribution in [0.4, 0.5) is 0 Å². The number of aromatic nitrogens is 3. The summed E-state index contributed by atoms with van der Waals surface area (Å²) in [5.74, 6) is -0.159. The van der Waals surface area contributed by atoms with Gasteiger partial charge in [0.15, 0.2) is 5.65 Å². The number of rotatable bonds is 2. The highest BCUT2D eigenvalue weighted by atomic mass is 16.1. The Kier molecular flexibility index (Phi) is 2.37. The van der Waals surface area contributed by atoms with Gasteiger partial charge in [-0.15, -0.1) is 0 Å². The summed E-state index contributed by atoms with van der Waals surface area (Å²) < 4.78 is 1.77. The van der Waals surface area contributed by atoms with E-state index in [1.165, 1.54) is 0 Å². The third kappa shape index (κ3) is 1.96. The number of imidazole rings is 1. The van der Waals surface area contributed by atoms with Crippen molar-refractivity contribution in [3.8, 4) is 0 Å². The maximum atomic E-state index is 11.6. The molecular formula is C10H12N4O. The van der Waals surface area contributed by atoms with Crippen LogP contribution in [-0.4, -0.2) is 26.3 Å². The van der Waals surface area contributed by atoms with Crippen molar-refractivity contribution < 1.29 is 4.79 Å². The van der Waals surface area contributed by atoms with Crippen LogP contribution in [0.1, 0.15) is 24.3 Å². The van der Waals surface area contributed by atoms with Crippen molar-refractivity contribution in [1.29, 1.82) is 0 Å². The fraction of sp³-hybridized carbons (Fsp3) is 0.300. The first kappa shape index (κ1) is 9.64. The van der Waals surface area contributed by atoms with Gasteiger partial charge >= 0.3 is 0 Å². The van der Waals surface area contributed by atoms with E-state index in [-0.39, 0.29) is 11.9 Å². The molecule has 0 bridgehead atoms. The monoisotopic (exact) mass is 204 g/mol. The van der Waals surface area contributed by atoms with E-state index < -0.39 is 0 Å². The van der Waals surface area contributed by atoms with Gasteiger partial charge in [0.05, 0.1) is 6.20 Å². The minimum Gasteiger partial charge on any atom is -0.348 e. The molecule has 0 aliphatic heterocycles. The van der Waals surface area contributed by atoms with Crippen LogP contribution in [0, 0.1) is 0 Å². The highest BCUT2D eigenvalue weighted by molar-refractivity contribution is 5.92. The molecule has 0 atom stereocenters. The summed E-state index contributed by atoms with van der Waals surface area (Å²) in [5.41, 5.74) is 1.09. The van der Waals surface area contributed by atoms with Crippen LogP contribution in [-0.2, 0) is 0 Å². The molecule has 5 nitrogen and oxygen atoms in total. The molecule has 1 amide bonds. The summed E-state index contributed by atoms with van der Waals surface area (Å²) in [5, 5.41) is 2.78. The number of hydrogen-bond donors (Lipinski definition) is 1. The molecule has 0 spiro atoms. The third-order valence-electron chi connectivity index (χ3n) is 1.92. The summed E-state index contributed by atoms with van der Waals surface area (Å²) >= 11 is 0. The van der Waals surface area contributed by atoms with E-state index in [9.17, 15) is 4.79 Å². The summed E-state index contributed by atoms with van der Waals surface area (Å²) in [6, 6.07) is 0.112. The lowest BCUT2D eigenvalue weighted by Crippen LogP contribution is -2.30. The van der Waals surface area contributed by atoms with Gasteiger partial charge in [0.1, 0.15) is 5.69 Å². The summed E-state index contributed by atoms with van der Waals surface area (Å²) in [4.78, 5) is 19.7. The third-order valence-corrected chi connectivity index (χ3v) is 1.92. The zero-order valence-corrected chi connectivity index (χ0v) is 8.64. The standard InChI is InChI=1S/C10H12N4O/c1-7(2)12-10(15)8-6-14-4-3-11-5-9(14)13-8/h3-7H,1-2H3,(H,12,15). The van der Waals surface area contributed by atoms with Crippen LogP contribution >= 0.6 is 0 Å². The molecule has 2 aromatic rings. The van der Waals surface area contributed by atoms with Crippen molar-refractivity contribution in [2.45, 2.75) is 19.9 Å². The van der Waals surface area contributed by atoms with Crippen molar-refractivity contribution in [2.75, 3.05) is 0 Å². The van der Waals surface area contributed by atoms with Gasteiger partial charge < -0.3 is 9.72 Å². The quantitative estimate of drug-likeness (QED) is 0.789. The largest absolute Gasteiger partial charge is 0.348 e. The van der Waals surface area contributed by atoms with E-state index in [0.29, 0.717) is 11.3 Å². The zero-order valence-electron chi connectivity index (χ0n) is 8.64. The normalized spacial score (nSPS) is 10.9. The molecule has 0 fully saturated rings. The molecule has 0 aliphatic carbocycles. The smallest absolute Gasteiger partial charge is 0.271 e. The van der Waals surface area contributed by atoms with E-state index in [1.807, 2.05) is 13.8 Å². The molecule has 15 heavy (non-hydrogen) atoms. The molecule has 0 aromatic carbocycles. The van der Waals surface area contributed by atoms with E-state index in [2.05, 4.69) is 15.3 Å². The second kappa shape index (κ2) is 3.68. The van der Waals surface area contributed by atoms with E-state index in [4.69, 9.17) is 0 Å². The van der Waals surface area contributed by atoms with Crippen molar-refractivity contribution in [1.82, 2.24) is 19.7 Å². The molecule has 0 saturated carbocycles. The number of carbonyl (C=O) groups excluding carboxylic acids is 1. The van der Waals surface area contributed by atoms with E-state index in [1.54, 1.807) is 29.2 Å². The lowest BCUT2D eigenvalue weighted by Gasteiger charge is -2.04. The number of nitrogens with one attached hydrogen (secondary N) is 1. The minimum atomic E-state index is -0.159. The van der Waals surface area contributed by atoms with Gasteiger partial charge in [0.2, 0.25) is 0 Å². The second-order valence-electron chi connectivity index (χ2n) is 3.60. The van der Waals surface area contributed by atoms with Crippen LogP contribution in [0.2, 0.25) is 0 Å². The number of fused-ring (bicyclic) bond motifs is 1. The predicted molar refractivity (Wildman–Crippen MR) is 55.6 cm³/mol. The zero-order chi connectivity index (χ0) is 10.8. The van der Waals surface area contributed by atoms with Crippen LogP contribution in [0.25, 0.3) is 5.65 Å². The Morgan fingerprint density at radius 1 is 1.53 bits per heavy atom. The maximum absolute atomic E-state index is 11.6. The summed E-state index contributed by atoms with van der Waals surface area (Å²) in [6.07, 6.45) is 6.72. The fourth-order valence-corrected chi connectivity index (χ4v) is 1.29. The van der Waals surface area contributed by atoms with Crippen LogP contribution < -0.4 is 5.32 Å². The van der Waals surface area contributed by atoms with Gasteiger partial charge in [0.25, 0.3) is 5.91 Å². The first-order valence-corrected chi connectivity index (χ1v) is 4.76.